The van der Waals surface area contributed by atoms with Crippen molar-refractivity contribution in [1.82, 2.24) is 10.6 Å². The summed E-state index contributed by atoms with van der Waals surface area (Å²) in [6.45, 7) is 18.2. The van der Waals surface area contributed by atoms with E-state index in [-0.39, 0.29) is 46.3 Å². The lowest BCUT2D eigenvalue weighted by Crippen LogP contribution is -2.65. The van der Waals surface area contributed by atoms with E-state index in [2.05, 4.69) is 66.0 Å². The van der Waals surface area contributed by atoms with Gasteiger partial charge >= 0.3 is 11.9 Å². The van der Waals surface area contributed by atoms with Gasteiger partial charge in [-0.1, -0.05) is 89.9 Å². The van der Waals surface area contributed by atoms with Crippen LogP contribution in [0.4, 0.5) is 0 Å². The quantitative estimate of drug-likeness (QED) is 0.133. The molecule has 0 radical (unpaired) electrons. The van der Waals surface area contributed by atoms with E-state index in [1.807, 2.05) is 0 Å². The van der Waals surface area contributed by atoms with Crippen LogP contribution >= 0.6 is 0 Å². The topological polar surface area (TPSA) is 76.7 Å². The van der Waals surface area contributed by atoms with Crippen molar-refractivity contribution in [1.29, 1.82) is 0 Å². The van der Waals surface area contributed by atoms with Crippen LogP contribution in [0.2, 0.25) is 0 Å². The Bertz CT molecular complexity index is 927. The number of ether oxygens (including phenoxy) is 2. The number of unbranched alkanes of at least 4 members (excludes halogenated alkanes) is 5. The van der Waals surface area contributed by atoms with E-state index in [0.717, 1.165) is 76.0 Å². The minimum atomic E-state index is -0.0476. The molecular weight excluding hydrogens is 596 g/mol. The van der Waals surface area contributed by atoms with Gasteiger partial charge in [-0.05, 0) is 92.9 Å². The van der Waals surface area contributed by atoms with Gasteiger partial charge in [-0.3, -0.25) is 9.59 Å². The highest BCUT2D eigenvalue weighted by atomic mass is 16.5. The molecule has 4 unspecified atom stereocenters. The molecule has 2 N–H and O–H groups in total. The minimum absolute atomic E-state index is 0.00464. The van der Waals surface area contributed by atoms with Crippen LogP contribution in [0.5, 0.6) is 0 Å². The molecule has 2 saturated heterocycles. The molecule has 4 atom stereocenters. The van der Waals surface area contributed by atoms with E-state index >= 15 is 0 Å². The van der Waals surface area contributed by atoms with Gasteiger partial charge < -0.3 is 20.1 Å². The van der Waals surface area contributed by atoms with Crippen molar-refractivity contribution in [3.63, 3.8) is 0 Å². The zero-order chi connectivity index (χ0) is 35.0. The van der Waals surface area contributed by atoms with Crippen molar-refractivity contribution in [2.75, 3.05) is 0 Å². The molecule has 6 nitrogen and oxygen atoms in total. The van der Waals surface area contributed by atoms with Crippen LogP contribution in [-0.4, -0.2) is 46.3 Å². The summed E-state index contributed by atoms with van der Waals surface area (Å²) in [5.74, 6) is 2.22. The smallest absolute Gasteiger partial charge is 0.306 e. The highest BCUT2D eigenvalue weighted by Crippen LogP contribution is 2.43. The minimum Gasteiger partial charge on any atom is -0.462 e. The summed E-state index contributed by atoms with van der Waals surface area (Å²) in [7, 11) is 0. The van der Waals surface area contributed by atoms with Crippen molar-refractivity contribution in [3.8, 4) is 0 Å². The maximum atomic E-state index is 13.1. The van der Waals surface area contributed by atoms with Crippen LogP contribution in [0.25, 0.3) is 0 Å². The average molecular weight is 673 g/mol. The third-order valence-corrected chi connectivity index (χ3v) is 12.7. The Hall–Kier alpha value is -1.14. The number of hydrogen-bond acceptors (Lipinski definition) is 6. The molecule has 2 aliphatic carbocycles. The van der Waals surface area contributed by atoms with Gasteiger partial charge in [-0.2, -0.15) is 0 Å². The summed E-state index contributed by atoms with van der Waals surface area (Å²) >= 11 is 0. The van der Waals surface area contributed by atoms with Crippen molar-refractivity contribution in [3.05, 3.63) is 0 Å². The first-order valence-electron chi connectivity index (χ1n) is 20.5. The molecule has 0 aromatic rings. The van der Waals surface area contributed by atoms with Crippen LogP contribution in [0.3, 0.4) is 0 Å². The summed E-state index contributed by atoms with van der Waals surface area (Å²) in [5.41, 5.74) is -0.176. The monoisotopic (exact) mass is 673 g/mol. The lowest BCUT2D eigenvalue weighted by atomic mass is 9.67. The molecular formula is C42H76N2O4. The molecule has 0 bridgehead atoms. The first-order chi connectivity index (χ1) is 22.6. The molecule has 2 aliphatic heterocycles. The predicted octanol–water partition coefficient (Wildman–Crippen LogP) is 10.2. The maximum Gasteiger partial charge on any atom is 0.306 e. The first kappa shape index (κ1) is 39.6. The lowest BCUT2D eigenvalue weighted by Gasteiger charge is -2.52. The Balaban J connectivity index is 1.13. The number of nitrogens with one attached hydrogen (secondary N) is 2. The highest BCUT2D eigenvalue weighted by Gasteiger charge is 2.49. The Morgan fingerprint density at radius 3 is 1.21 bits per heavy atom. The van der Waals surface area contributed by atoms with Crippen molar-refractivity contribution in [2.24, 2.45) is 23.7 Å². The number of rotatable bonds is 15. The Morgan fingerprint density at radius 1 is 0.521 bits per heavy atom. The summed E-state index contributed by atoms with van der Waals surface area (Å²) in [6.07, 6.45) is 24.6. The van der Waals surface area contributed by atoms with Crippen LogP contribution < -0.4 is 10.6 Å². The fourth-order valence-corrected chi connectivity index (χ4v) is 10.7. The van der Waals surface area contributed by atoms with E-state index in [1.54, 1.807) is 0 Å². The van der Waals surface area contributed by atoms with Crippen LogP contribution in [0, 0.1) is 23.7 Å². The molecule has 0 amide bonds. The van der Waals surface area contributed by atoms with E-state index in [1.165, 1.54) is 64.2 Å². The third-order valence-electron chi connectivity index (χ3n) is 12.7. The zero-order valence-corrected chi connectivity index (χ0v) is 32.7. The molecule has 2 saturated carbocycles. The molecule has 0 aromatic carbocycles. The van der Waals surface area contributed by atoms with E-state index in [0.29, 0.717) is 24.7 Å². The fourth-order valence-electron chi connectivity index (χ4n) is 10.7. The molecule has 4 aliphatic rings. The largest absolute Gasteiger partial charge is 0.462 e. The molecule has 4 rings (SSSR count). The number of piperidine rings is 2. The summed E-state index contributed by atoms with van der Waals surface area (Å²) in [6, 6.07) is 0. The Labute approximate surface area is 295 Å². The standard InChI is InChI=1S/C42H76N2O4/c1-39(2)29-35(33(41(5,6)43-39)27-31-21-15-13-16-22-31)47-37(45)25-19-11-9-10-12-20-26-38(46)48-36-30-40(3,4)44-42(7,8)34(36)28-32-23-17-14-18-24-32/h31-36,43-44H,9-30H2,1-8H3. The first-order valence-corrected chi connectivity index (χ1v) is 20.5. The lowest BCUT2D eigenvalue weighted by molar-refractivity contribution is -0.161. The Kier molecular flexibility index (Phi) is 14.4. The molecule has 0 spiro atoms. The van der Waals surface area contributed by atoms with Gasteiger partial charge in [-0.15, -0.1) is 0 Å². The molecule has 278 valence electrons. The third kappa shape index (κ3) is 12.3. The van der Waals surface area contributed by atoms with Crippen LogP contribution in [0.15, 0.2) is 0 Å². The van der Waals surface area contributed by atoms with E-state index in [9.17, 15) is 9.59 Å². The van der Waals surface area contributed by atoms with Gasteiger partial charge in [0.05, 0.1) is 0 Å². The molecule has 6 heteroatoms. The van der Waals surface area contributed by atoms with Crippen molar-refractivity contribution >= 4 is 11.9 Å². The molecule has 48 heavy (non-hydrogen) atoms. The van der Waals surface area contributed by atoms with E-state index in [4.69, 9.17) is 9.47 Å². The Morgan fingerprint density at radius 2 is 0.854 bits per heavy atom. The molecule has 4 fully saturated rings. The highest BCUT2D eigenvalue weighted by molar-refractivity contribution is 5.70. The maximum absolute atomic E-state index is 13.1. The average Bonchev–Trinajstić information content (AvgIpc) is 2.97. The van der Waals surface area contributed by atoms with Crippen LogP contribution in [0.1, 0.15) is 197 Å². The molecule has 2 heterocycles. The van der Waals surface area contributed by atoms with Gasteiger partial charge in [0, 0.05) is 59.7 Å². The number of hydrogen-bond donors (Lipinski definition) is 2. The normalized spacial score (nSPS) is 30.4. The summed E-state index contributed by atoms with van der Waals surface area (Å²) in [4.78, 5) is 26.1. The van der Waals surface area contributed by atoms with Gasteiger partial charge in [0.2, 0.25) is 0 Å². The summed E-state index contributed by atoms with van der Waals surface area (Å²) in [5, 5.41) is 7.76. The SMILES string of the molecule is CC1(C)CC(OC(=O)CCCCCCCCC(=O)OC2CC(C)(C)NC(C)(C)C2CC2CCCCC2)C(CC2CCCCC2)C(C)(C)N1. The fraction of sp³-hybridized carbons (Fsp3) is 0.952. The summed E-state index contributed by atoms with van der Waals surface area (Å²) < 4.78 is 12.6. The second-order valence-corrected chi connectivity index (χ2v) is 19.2. The van der Waals surface area contributed by atoms with Crippen molar-refractivity contribution in [2.45, 2.75) is 231 Å². The number of carbonyl (C=O) groups excluding carboxylic acids is 2. The number of esters is 2. The van der Waals surface area contributed by atoms with Gasteiger partial charge in [0.25, 0.3) is 0 Å². The van der Waals surface area contributed by atoms with E-state index < -0.39 is 0 Å². The molecule has 0 aromatic heterocycles. The van der Waals surface area contributed by atoms with Gasteiger partial charge in [0.15, 0.2) is 0 Å². The second kappa shape index (κ2) is 17.4. The second-order valence-electron chi connectivity index (χ2n) is 19.2. The number of carbonyl (C=O) groups is 2. The zero-order valence-electron chi connectivity index (χ0n) is 32.7. The van der Waals surface area contributed by atoms with Crippen LogP contribution in [-0.2, 0) is 19.1 Å². The van der Waals surface area contributed by atoms with Gasteiger partial charge in [0.1, 0.15) is 12.2 Å². The van der Waals surface area contributed by atoms with Crippen molar-refractivity contribution < 1.29 is 19.1 Å². The predicted molar refractivity (Wildman–Crippen MR) is 198 cm³/mol. The van der Waals surface area contributed by atoms with Gasteiger partial charge in [-0.25, -0.2) is 0 Å².